The monoisotopic (exact) mass is 507 g/mol. The first-order chi connectivity index (χ1) is 16.7. The quantitative estimate of drug-likeness (QED) is 0.215. The normalized spacial score (nSPS) is 17.4. The van der Waals surface area contributed by atoms with E-state index >= 15 is 0 Å². The number of aromatic nitrogens is 1. The van der Waals surface area contributed by atoms with Gasteiger partial charge < -0.3 is 10.0 Å². The third-order valence-electron chi connectivity index (χ3n) is 5.83. The number of fused-ring (bicyclic) bond motifs is 1. The van der Waals surface area contributed by atoms with Gasteiger partial charge in [0.15, 0.2) is 5.13 Å². The molecule has 5 rings (SSSR count). The molecular formula is C26H19ClFN3O3S. The van der Waals surface area contributed by atoms with Gasteiger partial charge in [-0.2, -0.15) is 0 Å². The molecule has 1 aliphatic heterocycles. The highest BCUT2D eigenvalue weighted by Gasteiger charge is 2.48. The van der Waals surface area contributed by atoms with E-state index < -0.39 is 23.5 Å². The van der Waals surface area contributed by atoms with Gasteiger partial charge in [-0.05, 0) is 60.2 Å². The molecule has 1 fully saturated rings. The zero-order valence-corrected chi connectivity index (χ0v) is 20.3. The van der Waals surface area contributed by atoms with Crippen LogP contribution in [0.3, 0.4) is 0 Å². The zero-order valence-electron chi connectivity index (χ0n) is 18.7. The summed E-state index contributed by atoms with van der Waals surface area (Å²) in [7, 11) is 3.81. The number of aliphatic hydroxyl groups is 1. The number of aliphatic hydroxyl groups excluding tert-OH is 1. The fourth-order valence-corrected chi connectivity index (χ4v) is 5.32. The average molecular weight is 508 g/mol. The molecule has 0 bridgehead atoms. The molecular weight excluding hydrogens is 489 g/mol. The summed E-state index contributed by atoms with van der Waals surface area (Å²) in [6.07, 6.45) is 0. The summed E-state index contributed by atoms with van der Waals surface area (Å²) >= 11 is 7.35. The number of carbonyl (C=O) groups excluding carboxylic acids is 2. The van der Waals surface area contributed by atoms with Crippen LogP contribution in [0.15, 0.2) is 72.3 Å². The SMILES string of the molecule is CN(C)c1ccc(C2/C(=C(\O)c3ccc(F)cc3)C(=O)C(=O)N2c2nc3ccc(Cl)cc3s2)cc1. The Kier molecular flexibility index (Phi) is 5.78. The number of hydrogen-bond donors (Lipinski definition) is 1. The van der Waals surface area contributed by atoms with Crippen molar-refractivity contribution in [3.05, 3.63) is 94.3 Å². The molecule has 0 saturated carbocycles. The summed E-state index contributed by atoms with van der Waals surface area (Å²) in [5, 5.41) is 12.0. The number of hydrogen-bond acceptors (Lipinski definition) is 6. The summed E-state index contributed by atoms with van der Waals surface area (Å²) in [6.45, 7) is 0. The molecule has 6 nitrogen and oxygen atoms in total. The molecule has 3 aromatic carbocycles. The number of thiazole rings is 1. The van der Waals surface area contributed by atoms with E-state index in [2.05, 4.69) is 4.98 Å². The van der Waals surface area contributed by atoms with E-state index in [-0.39, 0.29) is 16.9 Å². The molecule has 1 saturated heterocycles. The number of rotatable bonds is 4. The Balaban J connectivity index is 1.71. The van der Waals surface area contributed by atoms with E-state index in [1.54, 1.807) is 30.3 Å². The summed E-state index contributed by atoms with van der Waals surface area (Å²) in [4.78, 5) is 34.4. The van der Waals surface area contributed by atoms with Crippen molar-refractivity contribution in [1.29, 1.82) is 0 Å². The van der Waals surface area contributed by atoms with Crippen LogP contribution in [0.25, 0.3) is 16.0 Å². The highest BCUT2D eigenvalue weighted by Crippen LogP contribution is 2.44. The van der Waals surface area contributed by atoms with Crippen LogP contribution in [0.4, 0.5) is 15.2 Å². The molecule has 35 heavy (non-hydrogen) atoms. The van der Waals surface area contributed by atoms with E-state index in [1.165, 1.54) is 40.5 Å². The van der Waals surface area contributed by atoms with Crippen LogP contribution in [-0.4, -0.2) is 35.9 Å². The van der Waals surface area contributed by atoms with Crippen LogP contribution in [0.2, 0.25) is 5.02 Å². The average Bonchev–Trinajstić information content (AvgIpc) is 3.37. The van der Waals surface area contributed by atoms with Crippen LogP contribution >= 0.6 is 22.9 Å². The van der Waals surface area contributed by atoms with Crippen molar-refractivity contribution in [2.75, 3.05) is 23.9 Å². The highest BCUT2D eigenvalue weighted by molar-refractivity contribution is 7.22. The Morgan fingerprint density at radius 1 is 1.06 bits per heavy atom. The molecule has 1 amide bonds. The lowest BCUT2D eigenvalue weighted by atomic mass is 9.95. The van der Waals surface area contributed by atoms with Crippen molar-refractivity contribution in [2.24, 2.45) is 0 Å². The van der Waals surface area contributed by atoms with Gasteiger partial charge in [-0.25, -0.2) is 9.37 Å². The van der Waals surface area contributed by atoms with Crippen molar-refractivity contribution >= 4 is 61.4 Å². The van der Waals surface area contributed by atoms with Crippen LogP contribution in [-0.2, 0) is 9.59 Å². The lowest BCUT2D eigenvalue weighted by molar-refractivity contribution is -0.132. The number of Topliss-reactive ketones (excluding diaryl/α,β-unsaturated/α-hetero) is 1. The van der Waals surface area contributed by atoms with Crippen molar-refractivity contribution < 1.29 is 19.1 Å². The summed E-state index contributed by atoms with van der Waals surface area (Å²) in [6, 6.07) is 16.7. The number of carbonyl (C=O) groups is 2. The smallest absolute Gasteiger partial charge is 0.301 e. The van der Waals surface area contributed by atoms with Gasteiger partial charge in [-0.15, -0.1) is 0 Å². The van der Waals surface area contributed by atoms with Crippen LogP contribution in [0.1, 0.15) is 17.2 Å². The van der Waals surface area contributed by atoms with Gasteiger partial charge in [-0.3, -0.25) is 14.5 Å². The van der Waals surface area contributed by atoms with E-state index in [0.717, 1.165) is 10.4 Å². The first kappa shape index (κ1) is 23.0. The van der Waals surface area contributed by atoms with Crippen molar-refractivity contribution in [3.63, 3.8) is 0 Å². The predicted octanol–water partition coefficient (Wildman–Crippen LogP) is 5.78. The molecule has 1 aromatic heterocycles. The van der Waals surface area contributed by atoms with Crippen LogP contribution in [0.5, 0.6) is 0 Å². The number of benzene rings is 3. The number of amides is 1. The Hall–Kier alpha value is -3.75. The van der Waals surface area contributed by atoms with Crippen molar-refractivity contribution in [3.8, 4) is 0 Å². The molecule has 0 spiro atoms. The zero-order chi connectivity index (χ0) is 24.9. The molecule has 1 atom stereocenters. The minimum atomic E-state index is -0.924. The number of anilines is 2. The van der Waals surface area contributed by atoms with Gasteiger partial charge in [0.05, 0.1) is 21.8 Å². The van der Waals surface area contributed by atoms with Gasteiger partial charge >= 0.3 is 5.91 Å². The minimum absolute atomic E-state index is 0.0866. The van der Waals surface area contributed by atoms with Gasteiger partial charge in [0.1, 0.15) is 11.6 Å². The van der Waals surface area contributed by atoms with E-state index in [0.29, 0.717) is 21.2 Å². The van der Waals surface area contributed by atoms with Crippen LogP contribution in [0, 0.1) is 5.82 Å². The van der Waals surface area contributed by atoms with Crippen molar-refractivity contribution in [2.45, 2.75) is 6.04 Å². The second-order valence-electron chi connectivity index (χ2n) is 8.27. The molecule has 4 aromatic rings. The third-order valence-corrected chi connectivity index (χ3v) is 7.09. The molecule has 0 radical (unpaired) electrons. The first-order valence-corrected chi connectivity index (χ1v) is 11.8. The maximum Gasteiger partial charge on any atom is 0.301 e. The largest absolute Gasteiger partial charge is 0.507 e. The summed E-state index contributed by atoms with van der Waals surface area (Å²) in [5.74, 6) is -2.51. The molecule has 1 aliphatic rings. The summed E-state index contributed by atoms with van der Waals surface area (Å²) < 4.78 is 14.2. The topological polar surface area (TPSA) is 73.7 Å². The standard InChI is InChI=1S/C26H19ClFN3O3S/c1-30(2)18-10-5-14(6-11-18)22-21(23(32)15-3-8-17(28)9-4-15)24(33)25(34)31(22)26-29-19-12-7-16(27)13-20(19)35-26/h3-13,22,32H,1-2H3/b23-21+. The number of nitrogens with zero attached hydrogens (tertiary/aromatic N) is 3. The summed E-state index contributed by atoms with van der Waals surface area (Å²) in [5.41, 5.74) is 2.33. The van der Waals surface area contributed by atoms with Gasteiger partial charge in [0, 0.05) is 30.4 Å². The Bertz CT molecular complexity index is 1500. The fraction of sp³-hybridized carbons (Fsp3) is 0.115. The Morgan fingerprint density at radius 2 is 1.74 bits per heavy atom. The lowest BCUT2D eigenvalue weighted by Crippen LogP contribution is -2.29. The second kappa shape index (κ2) is 8.79. The van der Waals surface area contributed by atoms with E-state index in [1.807, 2.05) is 31.1 Å². The van der Waals surface area contributed by atoms with Gasteiger partial charge in [0.25, 0.3) is 5.78 Å². The molecule has 176 valence electrons. The second-order valence-corrected chi connectivity index (χ2v) is 9.72. The number of halogens is 2. The lowest BCUT2D eigenvalue weighted by Gasteiger charge is -2.23. The predicted molar refractivity (Wildman–Crippen MR) is 137 cm³/mol. The van der Waals surface area contributed by atoms with E-state index in [9.17, 15) is 19.1 Å². The van der Waals surface area contributed by atoms with Gasteiger partial charge in [-0.1, -0.05) is 35.1 Å². The first-order valence-electron chi connectivity index (χ1n) is 10.6. The van der Waals surface area contributed by atoms with Crippen LogP contribution < -0.4 is 9.80 Å². The van der Waals surface area contributed by atoms with E-state index in [4.69, 9.17) is 11.6 Å². The maximum atomic E-state index is 13.5. The Labute approximate surface area is 209 Å². The Morgan fingerprint density at radius 3 is 2.40 bits per heavy atom. The van der Waals surface area contributed by atoms with Gasteiger partial charge in [0.2, 0.25) is 0 Å². The third kappa shape index (κ3) is 4.05. The number of ketones is 1. The minimum Gasteiger partial charge on any atom is -0.507 e. The molecule has 1 unspecified atom stereocenters. The van der Waals surface area contributed by atoms with Crippen molar-refractivity contribution in [1.82, 2.24) is 4.98 Å². The molecule has 1 N–H and O–H groups in total. The fourth-order valence-electron chi connectivity index (χ4n) is 4.05. The molecule has 0 aliphatic carbocycles. The highest BCUT2D eigenvalue weighted by atomic mass is 35.5. The molecule has 2 heterocycles. The maximum absolute atomic E-state index is 13.5. The molecule has 9 heteroatoms.